The van der Waals surface area contributed by atoms with Crippen LogP contribution in [-0.2, 0) is 16.1 Å². The van der Waals surface area contributed by atoms with Crippen LogP contribution in [0.2, 0.25) is 0 Å². The van der Waals surface area contributed by atoms with Crippen LogP contribution in [0, 0.1) is 0 Å². The van der Waals surface area contributed by atoms with Crippen LogP contribution in [0.25, 0.3) is 0 Å². The Bertz CT molecular complexity index is 375. The predicted molar refractivity (Wildman–Crippen MR) is 75.2 cm³/mol. The van der Waals surface area contributed by atoms with Gasteiger partial charge in [0, 0.05) is 19.5 Å². The number of benzene rings is 1. The number of ether oxygens (including phenoxy) is 2. The molecule has 0 fully saturated rings. The molecule has 1 rings (SSSR count). The summed E-state index contributed by atoms with van der Waals surface area (Å²) in [5.74, 6) is 0.729. The number of hydrogen-bond acceptors (Lipinski definition) is 4. The molecule has 1 N–H and O–H groups in total. The van der Waals surface area contributed by atoms with Crippen LogP contribution in [0.5, 0.6) is 5.75 Å². The Labute approximate surface area is 115 Å². The largest absolute Gasteiger partial charge is 0.494 e. The molecule has 0 spiro atoms. The van der Waals surface area contributed by atoms with Crippen LogP contribution in [0.15, 0.2) is 24.3 Å². The highest BCUT2D eigenvalue weighted by Gasteiger charge is 2.06. The highest BCUT2D eigenvalue weighted by atomic mass is 16.5. The van der Waals surface area contributed by atoms with Gasteiger partial charge in [-0.15, -0.1) is 0 Å². The fraction of sp³-hybridized carbons (Fsp3) is 0.533. The number of carbonyl (C=O) groups excluding carboxylic acids is 1. The molecule has 0 aromatic heterocycles. The second kappa shape index (κ2) is 8.53. The van der Waals surface area contributed by atoms with Crippen molar-refractivity contribution in [3.8, 4) is 5.75 Å². The van der Waals surface area contributed by atoms with Gasteiger partial charge in [0.05, 0.1) is 6.61 Å². The standard InChI is InChI=1S/C15H23NO3/c1-4-15(17)19-12(3)10-16-11-13-6-8-14(9-7-13)18-5-2/h6-9,12,16H,4-5,10-11H2,1-3H3. The molecule has 4 nitrogen and oxygen atoms in total. The second-order valence-electron chi connectivity index (χ2n) is 4.36. The fourth-order valence-electron chi connectivity index (χ4n) is 1.64. The predicted octanol–water partition coefficient (Wildman–Crippen LogP) is 2.52. The van der Waals surface area contributed by atoms with E-state index in [9.17, 15) is 4.79 Å². The molecule has 0 heterocycles. The smallest absolute Gasteiger partial charge is 0.305 e. The molecule has 0 aliphatic heterocycles. The molecule has 0 amide bonds. The molecule has 0 bridgehead atoms. The van der Waals surface area contributed by atoms with Gasteiger partial charge in [-0.05, 0) is 31.5 Å². The molecule has 1 unspecified atom stereocenters. The topological polar surface area (TPSA) is 47.6 Å². The zero-order chi connectivity index (χ0) is 14.1. The van der Waals surface area contributed by atoms with Gasteiger partial charge < -0.3 is 14.8 Å². The van der Waals surface area contributed by atoms with Crippen molar-refractivity contribution in [1.29, 1.82) is 0 Å². The van der Waals surface area contributed by atoms with Crippen molar-refractivity contribution in [2.45, 2.75) is 39.8 Å². The summed E-state index contributed by atoms with van der Waals surface area (Å²) in [7, 11) is 0. The van der Waals surface area contributed by atoms with Gasteiger partial charge in [0.25, 0.3) is 0 Å². The third kappa shape index (κ3) is 6.25. The minimum Gasteiger partial charge on any atom is -0.494 e. The SMILES string of the molecule is CCOc1ccc(CNCC(C)OC(=O)CC)cc1. The third-order valence-electron chi connectivity index (χ3n) is 2.62. The summed E-state index contributed by atoms with van der Waals surface area (Å²) in [5.41, 5.74) is 1.18. The summed E-state index contributed by atoms with van der Waals surface area (Å²) >= 11 is 0. The number of carbonyl (C=O) groups is 1. The molecule has 0 saturated carbocycles. The zero-order valence-corrected chi connectivity index (χ0v) is 11.9. The van der Waals surface area contributed by atoms with E-state index in [1.807, 2.05) is 38.1 Å². The molecule has 1 aromatic rings. The van der Waals surface area contributed by atoms with E-state index in [4.69, 9.17) is 9.47 Å². The molecule has 1 aromatic carbocycles. The molecule has 0 aliphatic carbocycles. The molecular formula is C15H23NO3. The molecule has 106 valence electrons. The van der Waals surface area contributed by atoms with E-state index >= 15 is 0 Å². The van der Waals surface area contributed by atoms with E-state index in [-0.39, 0.29) is 12.1 Å². The van der Waals surface area contributed by atoms with Gasteiger partial charge in [-0.3, -0.25) is 4.79 Å². The first-order valence-electron chi connectivity index (χ1n) is 6.77. The van der Waals surface area contributed by atoms with E-state index in [1.165, 1.54) is 5.56 Å². The molecular weight excluding hydrogens is 242 g/mol. The first-order valence-corrected chi connectivity index (χ1v) is 6.77. The second-order valence-corrected chi connectivity index (χ2v) is 4.36. The fourth-order valence-corrected chi connectivity index (χ4v) is 1.64. The average Bonchev–Trinajstić information content (AvgIpc) is 2.41. The minimum atomic E-state index is -0.157. The van der Waals surface area contributed by atoms with E-state index in [0.717, 1.165) is 12.3 Å². The maximum atomic E-state index is 11.1. The molecule has 0 radical (unpaired) electrons. The number of esters is 1. The van der Waals surface area contributed by atoms with Gasteiger partial charge in [0.2, 0.25) is 0 Å². The maximum Gasteiger partial charge on any atom is 0.305 e. The Hall–Kier alpha value is -1.55. The van der Waals surface area contributed by atoms with Gasteiger partial charge in [0.15, 0.2) is 0 Å². The van der Waals surface area contributed by atoms with Crippen molar-refractivity contribution in [3.05, 3.63) is 29.8 Å². The van der Waals surface area contributed by atoms with Crippen LogP contribution < -0.4 is 10.1 Å². The van der Waals surface area contributed by atoms with Gasteiger partial charge in [0.1, 0.15) is 11.9 Å². The first kappa shape index (κ1) is 15.5. The summed E-state index contributed by atoms with van der Waals surface area (Å²) < 4.78 is 10.5. The Balaban J connectivity index is 2.26. The van der Waals surface area contributed by atoms with Crippen molar-refractivity contribution in [3.63, 3.8) is 0 Å². The highest BCUT2D eigenvalue weighted by molar-refractivity contribution is 5.69. The van der Waals surface area contributed by atoms with Crippen molar-refractivity contribution in [1.82, 2.24) is 5.32 Å². The van der Waals surface area contributed by atoms with Gasteiger partial charge in [-0.1, -0.05) is 19.1 Å². The third-order valence-corrected chi connectivity index (χ3v) is 2.62. The van der Waals surface area contributed by atoms with Gasteiger partial charge in [-0.25, -0.2) is 0 Å². The van der Waals surface area contributed by atoms with Crippen molar-refractivity contribution < 1.29 is 14.3 Å². The van der Waals surface area contributed by atoms with Crippen LogP contribution >= 0.6 is 0 Å². The molecule has 0 aliphatic rings. The zero-order valence-electron chi connectivity index (χ0n) is 11.9. The number of rotatable bonds is 8. The van der Waals surface area contributed by atoms with Crippen molar-refractivity contribution in [2.75, 3.05) is 13.2 Å². The highest BCUT2D eigenvalue weighted by Crippen LogP contribution is 2.11. The molecule has 1 atom stereocenters. The van der Waals surface area contributed by atoms with E-state index < -0.39 is 0 Å². The van der Waals surface area contributed by atoms with E-state index in [0.29, 0.717) is 19.6 Å². The quantitative estimate of drug-likeness (QED) is 0.734. The Kier molecular flexibility index (Phi) is 6.97. The molecule has 19 heavy (non-hydrogen) atoms. The molecule has 0 saturated heterocycles. The summed E-state index contributed by atoms with van der Waals surface area (Å²) in [6.07, 6.45) is 0.318. The molecule has 4 heteroatoms. The van der Waals surface area contributed by atoms with Crippen molar-refractivity contribution >= 4 is 5.97 Å². The Morgan fingerprint density at radius 2 is 1.95 bits per heavy atom. The van der Waals surface area contributed by atoms with E-state index in [1.54, 1.807) is 6.92 Å². The summed E-state index contributed by atoms with van der Waals surface area (Å²) in [6.45, 7) is 7.73. The van der Waals surface area contributed by atoms with Crippen molar-refractivity contribution in [2.24, 2.45) is 0 Å². The summed E-state index contributed by atoms with van der Waals surface area (Å²) in [4.78, 5) is 11.1. The number of nitrogens with one attached hydrogen (secondary N) is 1. The average molecular weight is 265 g/mol. The van der Waals surface area contributed by atoms with E-state index in [2.05, 4.69) is 5.32 Å². The van der Waals surface area contributed by atoms with Gasteiger partial charge >= 0.3 is 5.97 Å². The van der Waals surface area contributed by atoms with Crippen LogP contribution in [-0.4, -0.2) is 25.2 Å². The monoisotopic (exact) mass is 265 g/mol. The summed E-state index contributed by atoms with van der Waals surface area (Å²) in [5, 5.41) is 3.26. The minimum absolute atomic E-state index is 0.102. The Morgan fingerprint density at radius 3 is 2.53 bits per heavy atom. The van der Waals surface area contributed by atoms with Crippen LogP contribution in [0.1, 0.15) is 32.8 Å². The normalized spacial score (nSPS) is 11.9. The lowest BCUT2D eigenvalue weighted by atomic mass is 10.2. The Morgan fingerprint density at radius 1 is 1.26 bits per heavy atom. The lowest BCUT2D eigenvalue weighted by Crippen LogP contribution is -2.28. The van der Waals surface area contributed by atoms with Crippen LogP contribution in [0.3, 0.4) is 0 Å². The summed E-state index contributed by atoms with van der Waals surface area (Å²) in [6, 6.07) is 7.98. The maximum absolute atomic E-state index is 11.1. The van der Waals surface area contributed by atoms with Crippen LogP contribution in [0.4, 0.5) is 0 Å². The lowest BCUT2D eigenvalue weighted by Gasteiger charge is -2.13. The first-order chi connectivity index (χ1) is 9.15. The lowest BCUT2D eigenvalue weighted by molar-refractivity contribution is -0.147. The van der Waals surface area contributed by atoms with Gasteiger partial charge in [-0.2, -0.15) is 0 Å². The number of hydrogen-bond donors (Lipinski definition) is 1.